The van der Waals surface area contributed by atoms with Crippen molar-refractivity contribution in [3.63, 3.8) is 0 Å². The fourth-order valence-electron chi connectivity index (χ4n) is 1.76. The Morgan fingerprint density at radius 1 is 1.50 bits per heavy atom. The second kappa shape index (κ2) is 5.65. The minimum Gasteiger partial charge on any atom is -0.292 e. The van der Waals surface area contributed by atoms with Crippen molar-refractivity contribution in [2.75, 3.05) is 0 Å². The number of aromatic nitrogens is 2. The number of nitrogens with zero attached hydrogens (tertiary/aromatic N) is 2. The van der Waals surface area contributed by atoms with Crippen LogP contribution in [0.2, 0.25) is 0 Å². The van der Waals surface area contributed by atoms with Crippen molar-refractivity contribution in [1.82, 2.24) is 15.2 Å². The zero-order valence-corrected chi connectivity index (χ0v) is 10.2. The van der Waals surface area contributed by atoms with Crippen LogP contribution in [0.4, 0.5) is 0 Å². The number of nitrogens with two attached hydrogens (primary N) is 1. The summed E-state index contributed by atoms with van der Waals surface area (Å²) in [4.78, 5) is 11.6. The Morgan fingerprint density at radius 2 is 2.19 bits per heavy atom. The summed E-state index contributed by atoms with van der Waals surface area (Å²) in [6, 6.07) is 1.74. The van der Waals surface area contributed by atoms with Crippen molar-refractivity contribution in [2.45, 2.75) is 46.1 Å². The Morgan fingerprint density at radius 3 is 2.62 bits per heavy atom. The highest BCUT2D eigenvalue weighted by atomic mass is 16.2. The highest BCUT2D eigenvalue weighted by Crippen LogP contribution is 2.16. The molecule has 5 heteroatoms. The molecule has 16 heavy (non-hydrogen) atoms. The van der Waals surface area contributed by atoms with Gasteiger partial charge in [0.1, 0.15) is 6.04 Å². The molecule has 90 valence electrons. The molecular formula is C11H20N4O. The molecule has 1 heterocycles. The van der Waals surface area contributed by atoms with Gasteiger partial charge >= 0.3 is 0 Å². The van der Waals surface area contributed by atoms with E-state index < -0.39 is 0 Å². The van der Waals surface area contributed by atoms with Crippen LogP contribution in [-0.4, -0.2) is 15.7 Å². The van der Waals surface area contributed by atoms with E-state index in [1.807, 2.05) is 13.0 Å². The Hall–Kier alpha value is -1.36. The molecule has 1 amide bonds. The summed E-state index contributed by atoms with van der Waals surface area (Å²) in [5.74, 6) is 4.98. The van der Waals surface area contributed by atoms with E-state index in [4.69, 9.17) is 5.84 Å². The molecule has 0 aliphatic carbocycles. The van der Waals surface area contributed by atoms with E-state index in [1.165, 1.54) is 0 Å². The monoisotopic (exact) mass is 224 g/mol. The molecule has 1 atom stereocenters. The van der Waals surface area contributed by atoms with Crippen molar-refractivity contribution in [3.8, 4) is 0 Å². The standard InChI is InChI=1S/C11H20N4O/c1-4-8-7-9(5-2)15(14-8)10(6-3)11(16)13-12/h7,10H,4-6,12H2,1-3H3,(H,13,16). The van der Waals surface area contributed by atoms with Gasteiger partial charge in [0.2, 0.25) is 0 Å². The Balaban J connectivity index is 3.07. The summed E-state index contributed by atoms with van der Waals surface area (Å²) < 4.78 is 1.79. The molecule has 0 bridgehead atoms. The summed E-state index contributed by atoms with van der Waals surface area (Å²) >= 11 is 0. The highest BCUT2D eigenvalue weighted by Gasteiger charge is 2.21. The van der Waals surface area contributed by atoms with Gasteiger partial charge in [-0.15, -0.1) is 0 Å². The van der Waals surface area contributed by atoms with Crippen LogP contribution in [0.5, 0.6) is 0 Å². The maximum Gasteiger partial charge on any atom is 0.258 e. The van der Waals surface area contributed by atoms with Gasteiger partial charge in [-0.3, -0.25) is 14.9 Å². The van der Waals surface area contributed by atoms with Gasteiger partial charge in [-0.1, -0.05) is 20.8 Å². The maximum absolute atomic E-state index is 11.6. The first-order valence-corrected chi connectivity index (χ1v) is 5.75. The minimum atomic E-state index is -0.305. The molecule has 1 rings (SSSR count). The summed E-state index contributed by atoms with van der Waals surface area (Å²) in [5, 5.41) is 4.44. The number of hydrogen-bond donors (Lipinski definition) is 2. The lowest BCUT2D eigenvalue weighted by Gasteiger charge is -2.16. The number of nitrogens with one attached hydrogen (secondary N) is 1. The van der Waals surface area contributed by atoms with Crippen LogP contribution in [0, 0.1) is 0 Å². The quantitative estimate of drug-likeness (QED) is 0.444. The van der Waals surface area contributed by atoms with Crippen molar-refractivity contribution in [2.24, 2.45) is 5.84 Å². The minimum absolute atomic E-state index is 0.192. The number of amides is 1. The molecule has 0 aliphatic heterocycles. The zero-order valence-electron chi connectivity index (χ0n) is 10.2. The number of hydrogen-bond acceptors (Lipinski definition) is 3. The first-order chi connectivity index (χ1) is 7.67. The van der Waals surface area contributed by atoms with Gasteiger partial charge in [-0.25, -0.2) is 5.84 Å². The van der Waals surface area contributed by atoms with Gasteiger partial charge in [0.15, 0.2) is 0 Å². The van der Waals surface area contributed by atoms with Gasteiger partial charge in [-0.2, -0.15) is 5.10 Å². The van der Waals surface area contributed by atoms with Crippen molar-refractivity contribution in [3.05, 3.63) is 17.5 Å². The number of carbonyl (C=O) groups excluding carboxylic acids is 1. The van der Waals surface area contributed by atoms with Crippen LogP contribution in [0.15, 0.2) is 6.07 Å². The van der Waals surface area contributed by atoms with E-state index >= 15 is 0 Å². The number of rotatable bonds is 5. The lowest BCUT2D eigenvalue weighted by Crippen LogP contribution is -2.37. The lowest BCUT2D eigenvalue weighted by atomic mass is 10.2. The third-order valence-corrected chi connectivity index (χ3v) is 2.71. The highest BCUT2D eigenvalue weighted by molar-refractivity contribution is 5.79. The number of aryl methyl sites for hydroxylation is 2. The second-order valence-corrected chi connectivity index (χ2v) is 3.71. The average Bonchev–Trinajstić information content (AvgIpc) is 2.73. The molecule has 0 aliphatic rings. The smallest absolute Gasteiger partial charge is 0.258 e. The van der Waals surface area contributed by atoms with Crippen molar-refractivity contribution in [1.29, 1.82) is 0 Å². The average molecular weight is 224 g/mol. The summed E-state index contributed by atoms with van der Waals surface area (Å²) in [5.41, 5.74) is 4.28. The molecule has 3 N–H and O–H groups in total. The van der Waals surface area contributed by atoms with E-state index in [1.54, 1.807) is 4.68 Å². The van der Waals surface area contributed by atoms with Gasteiger partial charge in [0.05, 0.1) is 5.69 Å². The third kappa shape index (κ3) is 2.41. The summed E-state index contributed by atoms with van der Waals surface area (Å²) in [7, 11) is 0. The Labute approximate surface area is 96.0 Å². The second-order valence-electron chi connectivity index (χ2n) is 3.71. The first kappa shape index (κ1) is 12.7. The largest absolute Gasteiger partial charge is 0.292 e. The maximum atomic E-state index is 11.6. The van der Waals surface area contributed by atoms with Crippen LogP contribution in [0.3, 0.4) is 0 Å². The van der Waals surface area contributed by atoms with E-state index in [0.717, 1.165) is 24.2 Å². The van der Waals surface area contributed by atoms with Gasteiger partial charge in [0.25, 0.3) is 5.91 Å². The van der Waals surface area contributed by atoms with Crippen LogP contribution in [0.1, 0.15) is 44.6 Å². The molecule has 0 saturated carbocycles. The van der Waals surface area contributed by atoms with Gasteiger partial charge in [-0.05, 0) is 25.3 Å². The molecule has 1 aromatic rings. The van der Waals surface area contributed by atoms with E-state index in [9.17, 15) is 4.79 Å². The molecule has 0 radical (unpaired) electrons. The summed E-state index contributed by atoms with van der Waals surface area (Å²) in [6.45, 7) is 6.06. The molecule has 0 spiro atoms. The first-order valence-electron chi connectivity index (χ1n) is 5.75. The van der Waals surface area contributed by atoms with Crippen LogP contribution in [-0.2, 0) is 17.6 Å². The van der Waals surface area contributed by atoms with E-state index in [0.29, 0.717) is 6.42 Å². The fraction of sp³-hybridized carbons (Fsp3) is 0.636. The number of hydrazine groups is 1. The van der Waals surface area contributed by atoms with Crippen LogP contribution < -0.4 is 11.3 Å². The van der Waals surface area contributed by atoms with E-state index in [2.05, 4.69) is 24.4 Å². The number of carbonyl (C=O) groups is 1. The Kier molecular flexibility index (Phi) is 4.49. The summed E-state index contributed by atoms with van der Waals surface area (Å²) in [6.07, 6.45) is 2.42. The van der Waals surface area contributed by atoms with Gasteiger partial charge in [0, 0.05) is 5.69 Å². The van der Waals surface area contributed by atoms with Crippen LogP contribution in [0.25, 0.3) is 0 Å². The van der Waals surface area contributed by atoms with Crippen LogP contribution >= 0.6 is 0 Å². The lowest BCUT2D eigenvalue weighted by molar-refractivity contribution is -0.124. The molecule has 0 aromatic carbocycles. The Bertz CT molecular complexity index is 359. The van der Waals surface area contributed by atoms with Crippen molar-refractivity contribution < 1.29 is 4.79 Å². The predicted molar refractivity (Wildman–Crippen MR) is 62.6 cm³/mol. The molecular weight excluding hydrogens is 204 g/mol. The normalized spacial score (nSPS) is 12.5. The molecule has 0 fully saturated rings. The molecule has 5 nitrogen and oxygen atoms in total. The fourth-order valence-corrected chi connectivity index (χ4v) is 1.76. The molecule has 1 unspecified atom stereocenters. The SMILES string of the molecule is CCc1cc(CC)n(C(CC)C(=O)NN)n1. The zero-order chi connectivity index (χ0) is 12.1. The van der Waals surface area contributed by atoms with Crippen molar-refractivity contribution >= 4 is 5.91 Å². The van der Waals surface area contributed by atoms with E-state index in [-0.39, 0.29) is 11.9 Å². The predicted octanol–water partition coefficient (Wildman–Crippen LogP) is 0.949. The molecule has 0 saturated heterocycles. The third-order valence-electron chi connectivity index (χ3n) is 2.71. The topological polar surface area (TPSA) is 72.9 Å². The van der Waals surface area contributed by atoms with Gasteiger partial charge < -0.3 is 0 Å². The molecule has 1 aromatic heterocycles.